The highest BCUT2D eigenvalue weighted by Crippen LogP contribution is 2.34. The summed E-state index contributed by atoms with van der Waals surface area (Å²) in [7, 11) is 0. The number of amides is 1. The van der Waals surface area contributed by atoms with Crippen molar-refractivity contribution in [3.8, 4) is 0 Å². The Balaban J connectivity index is 2.08. The Kier molecular flexibility index (Phi) is 3.90. The normalized spacial score (nSPS) is 19.9. The summed E-state index contributed by atoms with van der Waals surface area (Å²) in [6.07, 6.45) is -9.07. The Bertz CT molecular complexity index is 519. The van der Waals surface area contributed by atoms with Crippen LogP contribution < -0.4 is 0 Å². The van der Waals surface area contributed by atoms with Crippen LogP contribution in [0.5, 0.6) is 0 Å². The summed E-state index contributed by atoms with van der Waals surface area (Å²) in [5, 5.41) is 0. The number of halogens is 6. The van der Waals surface area contributed by atoms with E-state index < -0.39 is 36.3 Å². The van der Waals surface area contributed by atoms with E-state index in [1.54, 1.807) is 0 Å². The molecule has 0 N–H and O–H groups in total. The van der Waals surface area contributed by atoms with E-state index in [1.165, 1.54) is 0 Å². The molecule has 0 aromatic heterocycles. The van der Waals surface area contributed by atoms with E-state index in [1.807, 2.05) is 0 Å². The van der Waals surface area contributed by atoms with Crippen molar-refractivity contribution < 1.29 is 31.1 Å². The number of nitrogens with zero attached hydrogens (tertiary/aromatic N) is 1. The van der Waals surface area contributed by atoms with Crippen molar-refractivity contribution in [2.45, 2.75) is 18.8 Å². The van der Waals surface area contributed by atoms with E-state index >= 15 is 0 Å². The fourth-order valence-electron chi connectivity index (χ4n) is 2.20. The first kappa shape index (κ1) is 15.7. The number of hydrogen-bond acceptors (Lipinski definition) is 1. The van der Waals surface area contributed by atoms with E-state index in [0.29, 0.717) is 0 Å². The number of rotatable bonds is 1. The zero-order valence-electron chi connectivity index (χ0n) is 10.6. The van der Waals surface area contributed by atoms with Crippen LogP contribution in [0.4, 0.5) is 26.3 Å². The van der Waals surface area contributed by atoms with E-state index in [9.17, 15) is 31.1 Å². The van der Waals surface area contributed by atoms with Gasteiger partial charge >= 0.3 is 12.4 Å². The molecule has 2 rings (SSSR count). The van der Waals surface area contributed by atoms with Crippen molar-refractivity contribution in [1.29, 1.82) is 0 Å². The fourth-order valence-corrected chi connectivity index (χ4v) is 2.20. The second-order valence-electron chi connectivity index (χ2n) is 4.85. The lowest BCUT2D eigenvalue weighted by atomic mass is 10.1. The van der Waals surface area contributed by atoms with E-state index in [2.05, 4.69) is 0 Å². The van der Waals surface area contributed by atoms with Gasteiger partial charge in [0.1, 0.15) is 0 Å². The van der Waals surface area contributed by atoms with Crippen molar-refractivity contribution >= 4 is 5.91 Å². The Morgan fingerprint density at radius 1 is 1.05 bits per heavy atom. The van der Waals surface area contributed by atoms with Gasteiger partial charge in [-0.1, -0.05) is 0 Å². The Morgan fingerprint density at radius 3 is 2.05 bits per heavy atom. The predicted octanol–water partition coefficient (Wildman–Crippen LogP) is 3.73. The first-order chi connectivity index (χ1) is 9.59. The van der Waals surface area contributed by atoms with Gasteiger partial charge in [-0.2, -0.15) is 26.3 Å². The second-order valence-corrected chi connectivity index (χ2v) is 4.85. The number of hydrogen-bond donors (Lipinski definition) is 0. The summed E-state index contributed by atoms with van der Waals surface area (Å²) in [6, 6.07) is 3.44. The molecule has 0 radical (unpaired) electrons. The Morgan fingerprint density at radius 2 is 1.62 bits per heavy atom. The number of alkyl halides is 6. The summed E-state index contributed by atoms with van der Waals surface area (Å²) in [5.74, 6) is -2.26. The molecule has 0 aliphatic carbocycles. The molecule has 0 bridgehead atoms. The van der Waals surface area contributed by atoms with Crippen molar-refractivity contribution in [3.05, 3.63) is 35.4 Å². The minimum absolute atomic E-state index is 0.0502. The highest BCUT2D eigenvalue weighted by Gasteiger charge is 2.44. The van der Waals surface area contributed by atoms with Gasteiger partial charge in [-0.3, -0.25) is 4.79 Å². The lowest BCUT2D eigenvalue weighted by Gasteiger charge is -2.18. The van der Waals surface area contributed by atoms with Gasteiger partial charge in [-0.15, -0.1) is 0 Å². The van der Waals surface area contributed by atoms with Gasteiger partial charge in [0.2, 0.25) is 0 Å². The molecule has 0 spiro atoms. The number of likely N-dealkylation sites (tertiary alicyclic amines) is 1. The fraction of sp³-hybridized carbons (Fsp3) is 0.462. The highest BCUT2D eigenvalue weighted by atomic mass is 19.4. The molecule has 1 unspecified atom stereocenters. The molecule has 1 amide bonds. The molecule has 1 saturated heterocycles. The molecular formula is C13H11F6NO. The van der Waals surface area contributed by atoms with Gasteiger partial charge < -0.3 is 4.90 Å². The molecule has 21 heavy (non-hydrogen) atoms. The third-order valence-electron chi connectivity index (χ3n) is 3.40. The van der Waals surface area contributed by atoms with Crippen LogP contribution >= 0.6 is 0 Å². The van der Waals surface area contributed by atoms with Crippen LogP contribution in [-0.4, -0.2) is 30.1 Å². The lowest BCUT2D eigenvalue weighted by Crippen LogP contribution is -2.32. The van der Waals surface area contributed by atoms with Crippen LogP contribution in [0.2, 0.25) is 0 Å². The van der Waals surface area contributed by atoms with Gasteiger partial charge in [0.25, 0.3) is 5.91 Å². The summed E-state index contributed by atoms with van der Waals surface area (Å²) >= 11 is 0. The first-order valence-electron chi connectivity index (χ1n) is 6.12. The molecule has 8 heteroatoms. The largest absolute Gasteiger partial charge is 0.416 e. The van der Waals surface area contributed by atoms with Crippen LogP contribution in [0, 0.1) is 5.92 Å². The molecular weight excluding hydrogens is 300 g/mol. The Hall–Kier alpha value is -1.73. The molecule has 1 atom stereocenters. The molecule has 1 aliphatic heterocycles. The van der Waals surface area contributed by atoms with Gasteiger partial charge in [-0.05, 0) is 30.7 Å². The molecule has 1 aromatic carbocycles. The van der Waals surface area contributed by atoms with Crippen molar-refractivity contribution in [1.82, 2.24) is 4.90 Å². The number of carbonyl (C=O) groups excluding carboxylic acids is 1. The van der Waals surface area contributed by atoms with Crippen molar-refractivity contribution in [2.75, 3.05) is 13.1 Å². The first-order valence-corrected chi connectivity index (χ1v) is 6.12. The summed E-state index contributed by atoms with van der Waals surface area (Å²) in [5.41, 5.74) is -0.959. The topological polar surface area (TPSA) is 20.3 Å². The maximum atomic E-state index is 12.5. The molecule has 1 aromatic rings. The summed E-state index contributed by atoms with van der Waals surface area (Å²) in [6.45, 7) is -0.507. The molecule has 1 fully saturated rings. The number of carbonyl (C=O) groups is 1. The zero-order chi connectivity index (χ0) is 15.8. The summed E-state index contributed by atoms with van der Waals surface area (Å²) in [4.78, 5) is 13.0. The van der Waals surface area contributed by atoms with E-state index in [-0.39, 0.29) is 18.5 Å². The SMILES string of the molecule is O=C(c1ccc(C(F)(F)F)cc1)N1CCC(C(F)(F)F)C1. The van der Waals surface area contributed by atoms with Crippen molar-refractivity contribution in [2.24, 2.45) is 5.92 Å². The molecule has 116 valence electrons. The van der Waals surface area contributed by atoms with Gasteiger partial charge in [-0.25, -0.2) is 0 Å². The quantitative estimate of drug-likeness (QED) is 0.724. The second kappa shape index (κ2) is 5.23. The van der Waals surface area contributed by atoms with Crippen LogP contribution in [0.3, 0.4) is 0 Å². The van der Waals surface area contributed by atoms with Crippen LogP contribution in [-0.2, 0) is 6.18 Å². The third-order valence-corrected chi connectivity index (χ3v) is 3.40. The molecule has 1 aliphatic rings. The monoisotopic (exact) mass is 311 g/mol. The lowest BCUT2D eigenvalue weighted by molar-refractivity contribution is -0.169. The number of benzene rings is 1. The average Bonchev–Trinajstić information content (AvgIpc) is 2.86. The standard InChI is InChI=1S/C13H11F6NO/c14-12(15,16)9-3-1-8(2-4-9)11(21)20-6-5-10(7-20)13(17,18)19/h1-4,10H,5-7H2. The smallest absolute Gasteiger partial charge is 0.338 e. The summed E-state index contributed by atoms with van der Waals surface area (Å²) < 4.78 is 74.7. The highest BCUT2D eigenvalue weighted by molar-refractivity contribution is 5.94. The van der Waals surface area contributed by atoms with Crippen LogP contribution in [0.1, 0.15) is 22.3 Å². The Labute approximate surface area is 116 Å². The van der Waals surface area contributed by atoms with E-state index in [0.717, 1.165) is 29.2 Å². The maximum Gasteiger partial charge on any atom is 0.416 e. The minimum atomic E-state index is -4.52. The van der Waals surface area contributed by atoms with Gasteiger partial charge in [0.15, 0.2) is 0 Å². The third kappa shape index (κ3) is 3.48. The predicted molar refractivity (Wildman–Crippen MR) is 61.5 cm³/mol. The van der Waals surface area contributed by atoms with Crippen LogP contribution in [0.15, 0.2) is 24.3 Å². The van der Waals surface area contributed by atoms with E-state index in [4.69, 9.17) is 0 Å². The van der Waals surface area contributed by atoms with Gasteiger partial charge in [0, 0.05) is 18.7 Å². The average molecular weight is 311 g/mol. The zero-order valence-corrected chi connectivity index (χ0v) is 10.6. The molecule has 2 nitrogen and oxygen atoms in total. The van der Waals surface area contributed by atoms with Crippen LogP contribution in [0.25, 0.3) is 0 Å². The van der Waals surface area contributed by atoms with Crippen molar-refractivity contribution in [3.63, 3.8) is 0 Å². The minimum Gasteiger partial charge on any atom is -0.338 e. The van der Waals surface area contributed by atoms with Gasteiger partial charge in [0.05, 0.1) is 11.5 Å². The maximum absolute atomic E-state index is 12.5. The molecule has 1 heterocycles. The molecule has 0 saturated carbocycles.